The maximum atomic E-state index is 5.30. The number of ether oxygens (including phenoxy) is 1. The Hall–Kier alpha value is -5.16. The van der Waals surface area contributed by atoms with Gasteiger partial charge >= 0.3 is 0 Å². The lowest BCUT2D eigenvalue weighted by molar-refractivity contribution is -0.0620. The third-order valence-corrected chi connectivity index (χ3v) is 12.0. The number of benzene rings is 6. The van der Waals surface area contributed by atoms with Crippen molar-refractivity contribution in [2.75, 3.05) is 7.11 Å². The second-order valence-corrected chi connectivity index (χ2v) is 15.5. The molecule has 2 spiro atoms. The Labute approximate surface area is 305 Å². The van der Waals surface area contributed by atoms with Gasteiger partial charge in [-0.1, -0.05) is 160 Å². The molecule has 0 N–H and O–H groups in total. The van der Waals surface area contributed by atoms with Crippen molar-refractivity contribution in [1.82, 2.24) is 0 Å². The number of fused-ring (bicyclic) bond motifs is 16. The summed E-state index contributed by atoms with van der Waals surface area (Å²) in [5, 5.41) is 0. The average molecular weight is 665 g/mol. The van der Waals surface area contributed by atoms with Crippen molar-refractivity contribution in [2.24, 2.45) is 5.41 Å². The van der Waals surface area contributed by atoms with E-state index in [4.69, 9.17) is 4.74 Å². The smallest absolute Gasteiger partial charge is 0.0722 e. The van der Waals surface area contributed by atoms with Gasteiger partial charge in [0.25, 0.3) is 0 Å². The van der Waals surface area contributed by atoms with E-state index in [0.717, 1.165) is 0 Å². The van der Waals surface area contributed by atoms with Crippen LogP contribution in [0.3, 0.4) is 0 Å². The van der Waals surface area contributed by atoms with Crippen LogP contribution in [-0.4, -0.2) is 12.7 Å². The van der Waals surface area contributed by atoms with Crippen LogP contribution in [-0.2, 0) is 15.6 Å². The molecule has 254 valence electrons. The molecule has 3 aliphatic carbocycles. The third kappa shape index (κ3) is 4.73. The Morgan fingerprint density at radius 2 is 0.784 bits per heavy atom. The molecule has 1 heteroatoms. The van der Waals surface area contributed by atoms with Crippen LogP contribution in [0.25, 0.3) is 22.3 Å². The van der Waals surface area contributed by atoms with Gasteiger partial charge in [0.05, 0.1) is 16.4 Å². The third-order valence-electron chi connectivity index (χ3n) is 12.0. The quantitative estimate of drug-likeness (QED) is 0.159. The molecular weight excluding hydrogens is 617 g/mol. The van der Waals surface area contributed by atoms with E-state index in [1.165, 1.54) is 72.3 Å². The van der Waals surface area contributed by atoms with Gasteiger partial charge < -0.3 is 4.74 Å². The van der Waals surface area contributed by atoms with E-state index in [1.54, 1.807) is 14.0 Å². The summed E-state index contributed by atoms with van der Waals surface area (Å²) in [5.74, 6) is 2.25. The second kappa shape index (κ2) is 12.6. The van der Waals surface area contributed by atoms with Crippen molar-refractivity contribution < 1.29 is 4.74 Å². The first kappa shape index (κ1) is 34.3. The predicted molar refractivity (Wildman–Crippen MR) is 214 cm³/mol. The van der Waals surface area contributed by atoms with Gasteiger partial charge in [-0.25, -0.2) is 0 Å². The Balaban J connectivity index is 0.000000296. The first-order chi connectivity index (χ1) is 24.5. The molecule has 0 aliphatic heterocycles. The molecule has 6 aromatic rings. The standard InChI is InChI=1S/C39H26.C8H18O.C3H4/c1-25-13-12-24-36-37(25)39(32-20-8-4-16-28(32)29-17-5-9-21-33(29)39)35-23-11-10-22-34(35)38(36)30-18-6-2-14-26(30)27-15-3-7-19-31(27)38;1-7(2,3)8(4,5)9-6;1-3-2/h2-24H,1H3;1-6H3;1H,2H3. The highest BCUT2D eigenvalue weighted by Crippen LogP contribution is 2.67. The van der Waals surface area contributed by atoms with E-state index in [2.05, 4.69) is 193 Å². The van der Waals surface area contributed by atoms with Gasteiger partial charge in [-0.05, 0) is 105 Å². The molecule has 0 unspecified atom stereocenters. The van der Waals surface area contributed by atoms with Crippen molar-refractivity contribution in [3.05, 3.63) is 190 Å². The molecule has 51 heavy (non-hydrogen) atoms. The van der Waals surface area contributed by atoms with Crippen molar-refractivity contribution >= 4 is 0 Å². The largest absolute Gasteiger partial charge is 0.378 e. The summed E-state index contributed by atoms with van der Waals surface area (Å²) in [4.78, 5) is 0. The molecule has 0 radical (unpaired) electrons. The van der Waals surface area contributed by atoms with Gasteiger partial charge in [0, 0.05) is 7.11 Å². The number of aryl methyl sites for hydroxylation is 1. The first-order valence-electron chi connectivity index (χ1n) is 18.0. The summed E-state index contributed by atoms with van der Waals surface area (Å²) in [6, 6.07) is 52.7. The zero-order chi connectivity index (χ0) is 36.2. The van der Waals surface area contributed by atoms with Gasteiger partial charge in [0.15, 0.2) is 0 Å². The van der Waals surface area contributed by atoms with Crippen LogP contribution < -0.4 is 0 Å². The summed E-state index contributed by atoms with van der Waals surface area (Å²) in [7, 11) is 1.76. The molecule has 0 heterocycles. The van der Waals surface area contributed by atoms with E-state index < -0.39 is 0 Å². The van der Waals surface area contributed by atoms with E-state index in [9.17, 15) is 0 Å². The molecule has 0 aromatic heterocycles. The highest BCUT2D eigenvalue weighted by atomic mass is 16.5. The summed E-state index contributed by atoms with van der Waals surface area (Å²) in [6.45, 7) is 14.7. The van der Waals surface area contributed by atoms with E-state index in [1.807, 2.05) is 0 Å². The zero-order valence-electron chi connectivity index (χ0n) is 31.3. The minimum absolute atomic E-state index is 0.0208. The van der Waals surface area contributed by atoms with Crippen LogP contribution in [0, 0.1) is 24.7 Å². The topological polar surface area (TPSA) is 9.23 Å². The van der Waals surface area contributed by atoms with Gasteiger partial charge in [-0.15, -0.1) is 12.3 Å². The molecule has 3 aliphatic rings. The number of methoxy groups -OCH3 is 1. The summed E-state index contributed by atoms with van der Waals surface area (Å²) < 4.78 is 5.30. The van der Waals surface area contributed by atoms with Crippen molar-refractivity contribution in [3.63, 3.8) is 0 Å². The second-order valence-electron chi connectivity index (χ2n) is 15.5. The van der Waals surface area contributed by atoms with Crippen LogP contribution in [0.15, 0.2) is 140 Å². The number of terminal acetylenes is 1. The fraction of sp³-hybridized carbons (Fsp3) is 0.240. The fourth-order valence-corrected chi connectivity index (χ4v) is 8.81. The molecule has 0 bridgehead atoms. The zero-order valence-corrected chi connectivity index (χ0v) is 31.3. The highest BCUT2D eigenvalue weighted by molar-refractivity contribution is 5.93. The number of rotatable bonds is 1. The minimum atomic E-state index is -0.373. The van der Waals surface area contributed by atoms with E-state index >= 15 is 0 Å². The molecular formula is C50H48O. The van der Waals surface area contributed by atoms with Crippen molar-refractivity contribution in [2.45, 2.75) is 64.9 Å². The van der Waals surface area contributed by atoms with E-state index in [0.29, 0.717) is 0 Å². The normalized spacial score (nSPS) is 14.6. The maximum Gasteiger partial charge on any atom is 0.0722 e. The van der Waals surface area contributed by atoms with Crippen LogP contribution in [0.4, 0.5) is 0 Å². The van der Waals surface area contributed by atoms with Gasteiger partial charge in [0.1, 0.15) is 0 Å². The lowest BCUT2D eigenvalue weighted by Gasteiger charge is -2.49. The molecule has 0 atom stereocenters. The Bertz CT molecular complexity index is 2210. The van der Waals surface area contributed by atoms with Crippen molar-refractivity contribution in [1.29, 1.82) is 0 Å². The molecule has 1 nitrogen and oxygen atoms in total. The summed E-state index contributed by atoms with van der Waals surface area (Å²) in [6.07, 6.45) is 4.60. The van der Waals surface area contributed by atoms with E-state index in [-0.39, 0.29) is 21.8 Å². The number of hydrogen-bond donors (Lipinski definition) is 0. The maximum absolute atomic E-state index is 5.30. The van der Waals surface area contributed by atoms with Crippen LogP contribution in [0.5, 0.6) is 0 Å². The van der Waals surface area contributed by atoms with Gasteiger partial charge in [-0.3, -0.25) is 0 Å². The fourth-order valence-electron chi connectivity index (χ4n) is 8.81. The van der Waals surface area contributed by atoms with Crippen LogP contribution in [0.2, 0.25) is 0 Å². The van der Waals surface area contributed by atoms with Gasteiger partial charge in [0.2, 0.25) is 0 Å². The Morgan fingerprint density at radius 1 is 0.471 bits per heavy atom. The molecule has 9 rings (SSSR count). The summed E-state index contributed by atoms with van der Waals surface area (Å²) >= 11 is 0. The summed E-state index contributed by atoms with van der Waals surface area (Å²) in [5.41, 5.74) is 17.4. The average Bonchev–Trinajstić information content (AvgIpc) is 3.60. The lowest BCUT2D eigenvalue weighted by atomic mass is 9.51. The Morgan fingerprint density at radius 3 is 1.14 bits per heavy atom. The molecule has 0 amide bonds. The van der Waals surface area contributed by atoms with Crippen LogP contribution >= 0.6 is 0 Å². The molecule has 0 fully saturated rings. The monoisotopic (exact) mass is 664 g/mol. The molecule has 6 aromatic carbocycles. The predicted octanol–water partition coefficient (Wildman–Crippen LogP) is 12.1. The van der Waals surface area contributed by atoms with Crippen LogP contribution in [0.1, 0.15) is 91.6 Å². The minimum Gasteiger partial charge on any atom is -0.378 e. The molecule has 0 saturated carbocycles. The SMILES string of the molecule is C#CC.COC(C)(C)C(C)(C)C.Cc1cccc2c1C1(c3ccccc3-c3ccccc31)c1ccccc1C21c2ccccc2-c2ccccc21. The first-order valence-corrected chi connectivity index (χ1v) is 18.0. The van der Waals surface area contributed by atoms with Crippen molar-refractivity contribution in [3.8, 4) is 34.6 Å². The van der Waals surface area contributed by atoms with Gasteiger partial charge in [-0.2, -0.15) is 0 Å². The lowest BCUT2D eigenvalue weighted by Crippen LogP contribution is -2.44. The number of hydrogen-bond acceptors (Lipinski definition) is 1. The highest BCUT2D eigenvalue weighted by Gasteiger charge is 2.59. The Kier molecular flexibility index (Phi) is 8.45. The molecule has 0 saturated heterocycles.